The highest BCUT2D eigenvalue weighted by molar-refractivity contribution is 7.45. The van der Waals surface area contributed by atoms with Gasteiger partial charge in [0.25, 0.3) is 8.53 Å². The van der Waals surface area contributed by atoms with Crippen molar-refractivity contribution in [3.8, 4) is 11.5 Å². The number of hydrogen-bond donors (Lipinski definition) is 1. The second-order valence-corrected chi connectivity index (χ2v) is 22.5. The molecule has 0 radical (unpaired) electrons. The third-order valence-electron chi connectivity index (χ3n) is 13.3. The molecule has 3 aliphatic rings. The van der Waals surface area contributed by atoms with Crippen molar-refractivity contribution in [3.63, 3.8) is 0 Å². The average Bonchev–Trinajstić information content (AvgIpc) is 4.14. The second kappa shape index (κ2) is 18.2. The first-order valence-electron chi connectivity index (χ1n) is 21.9. The molecule has 5 heterocycles. The van der Waals surface area contributed by atoms with E-state index >= 15 is 0 Å². The largest absolute Gasteiger partial charge is 0.497 e. The van der Waals surface area contributed by atoms with Crippen LogP contribution in [0.2, 0.25) is 12.6 Å². The summed E-state index contributed by atoms with van der Waals surface area (Å²) in [5.41, 5.74) is 2.30. The zero-order chi connectivity index (χ0) is 43.7. The molecular weight excluding hydrogens is 842 g/mol. The van der Waals surface area contributed by atoms with Gasteiger partial charge in [-0.2, -0.15) is 0 Å². The lowest BCUT2D eigenvalue weighted by molar-refractivity contribution is -0.0911. The first-order chi connectivity index (χ1) is 31.4. The summed E-state index contributed by atoms with van der Waals surface area (Å²) in [7, 11) is -0.408. The summed E-state index contributed by atoms with van der Waals surface area (Å²) < 4.78 is 44.1. The van der Waals surface area contributed by atoms with E-state index in [1.165, 1.54) is 16.7 Å². The molecule has 0 unspecified atom stereocenters. The van der Waals surface area contributed by atoms with Crippen LogP contribution in [0.1, 0.15) is 42.2 Å². The van der Waals surface area contributed by atoms with Gasteiger partial charge in [-0.3, -0.25) is 0 Å². The number of H-pyrrole nitrogens is 1. The van der Waals surface area contributed by atoms with Crippen LogP contribution in [-0.4, -0.2) is 84.0 Å². The van der Waals surface area contributed by atoms with Crippen molar-refractivity contribution in [1.29, 1.82) is 0 Å². The van der Waals surface area contributed by atoms with Gasteiger partial charge in [0.15, 0.2) is 5.65 Å². The van der Waals surface area contributed by atoms with E-state index in [-0.39, 0.29) is 24.4 Å². The summed E-state index contributed by atoms with van der Waals surface area (Å²) >= 11 is 0. The lowest BCUT2D eigenvalue weighted by Gasteiger charge is -2.37. The summed E-state index contributed by atoms with van der Waals surface area (Å²) in [6.07, 6.45) is 3.73. The zero-order valence-electron chi connectivity index (χ0n) is 36.2. The van der Waals surface area contributed by atoms with E-state index in [1.54, 1.807) is 25.0 Å². The normalized spacial score (nSPS) is 22.5. The van der Waals surface area contributed by atoms with Crippen molar-refractivity contribution < 1.29 is 28.0 Å². The van der Waals surface area contributed by atoms with Crippen LogP contribution in [0, 0.1) is 0 Å². The summed E-state index contributed by atoms with van der Waals surface area (Å²) in [4.78, 5) is 25.2. The maximum atomic E-state index is 13.7. The number of benzene rings is 5. The number of aromatic nitrogens is 4. The molecule has 3 saturated heterocycles. The molecular formula is C50H52N5O7PSi. The van der Waals surface area contributed by atoms with Crippen LogP contribution >= 0.6 is 8.53 Å². The van der Waals surface area contributed by atoms with E-state index < -0.39 is 40.6 Å². The Hall–Kier alpha value is -5.50. The zero-order valence-corrected chi connectivity index (χ0v) is 38.1. The number of hydrogen-bond acceptors (Lipinski definition) is 10. The average molecular weight is 894 g/mol. The monoisotopic (exact) mass is 893 g/mol. The maximum absolute atomic E-state index is 13.7. The highest BCUT2D eigenvalue weighted by Gasteiger charge is 2.52. The molecule has 0 saturated carbocycles. The molecule has 10 rings (SSSR count). The third-order valence-corrected chi connectivity index (χ3v) is 19.5. The quantitative estimate of drug-likeness (QED) is 0.0620. The van der Waals surface area contributed by atoms with Crippen LogP contribution in [-0.2, 0) is 24.1 Å². The van der Waals surface area contributed by atoms with Gasteiger partial charge in [-0.25, -0.2) is 24.0 Å². The first kappa shape index (κ1) is 42.4. The van der Waals surface area contributed by atoms with Crippen LogP contribution in [0.25, 0.3) is 11.2 Å². The standard InChI is InChI=1S/C50H52N5O7PSi/c1-57-38-25-21-36(22-26-38)50(35-14-7-4-8-15-35,37-23-27-39(58-2)28-24-37)59-32-45-44(30-47(60-45)55-48-42(53-49(55)56)31-51-34-52-48)61-63-54-29-13-20-43(54)46(62-63)33-64(3,40-16-9-5-10-17-40)41-18-11-6-12-19-41/h4-12,14-19,21-28,31,34,43-47H,13,20,29-30,32-33H2,1-3H3,(H,53,56)/t43-,44-,45+,46+,47+,63+/m0/s1. The number of aromatic amines is 1. The van der Waals surface area contributed by atoms with Gasteiger partial charge in [0.1, 0.15) is 49.3 Å². The van der Waals surface area contributed by atoms with Gasteiger partial charge in [-0.05, 0) is 59.8 Å². The van der Waals surface area contributed by atoms with Gasteiger partial charge in [-0.1, -0.05) is 132 Å². The molecule has 5 aromatic carbocycles. The van der Waals surface area contributed by atoms with E-state index in [0.29, 0.717) is 17.6 Å². The molecule has 1 N–H and O–H groups in total. The van der Waals surface area contributed by atoms with Gasteiger partial charge in [0.2, 0.25) is 0 Å². The Morgan fingerprint density at radius 2 is 1.39 bits per heavy atom. The van der Waals surface area contributed by atoms with Crippen molar-refractivity contribution in [3.05, 3.63) is 179 Å². The molecule has 3 aliphatic heterocycles. The second-order valence-electron chi connectivity index (χ2n) is 16.9. The minimum absolute atomic E-state index is 0.0117. The Morgan fingerprint density at radius 1 is 0.797 bits per heavy atom. The number of fused-ring (bicyclic) bond motifs is 2. The summed E-state index contributed by atoms with van der Waals surface area (Å²) in [5.74, 6) is 1.47. The van der Waals surface area contributed by atoms with E-state index in [0.717, 1.165) is 53.6 Å². The van der Waals surface area contributed by atoms with Crippen molar-refractivity contribution in [1.82, 2.24) is 24.2 Å². The number of nitrogens with one attached hydrogen (secondary N) is 1. The molecule has 0 bridgehead atoms. The minimum Gasteiger partial charge on any atom is -0.497 e. The van der Waals surface area contributed by atoms with Crippen molar-refractivity contribution >= 4 is 38.1 Å². The molecule has 328 valence electrons. The molecule has 2 aromatic heterocycles. The number of imidazole rings is 1. The topological polar surface area (TPSA) is 122 Å². The number of rotatable bonds is 15. The molecule has 12 nitrogen and oxygen atoms in total. The number of nitrogens with zero attached hydrogens (tertiary/aromatic N) is 4. The van der Waals surface area contributed by atoms with Gasteiger partial charge < -0.3 is 33.0 Å². The Bertz CT molecular complexity index is 2620. The number of ether oxygens (including phenoxy) is 4. The fourth-order valence-corrected chi connectivity index (χ4v) is 15.9. The van der Waals surface area contributed by atoms with E-state index in [1.807, 2.05) is 66.7 Å². The first-order valence-corrected chi connectivity index (χ1v) is 25.8. The Kier molecular flexibility index (Phi) is 12.1. The van der Waals surface area contributed by atoms with Crippen LogP contribution in [0.5, 0.6) is 11.5 Å². The Labute approximate surface area is 375 Å². The molecule has 3 fully saturated rings. The third kappa shape index (κ3) is 7.89. The summed E-state index contributed by atoms with van der Waals surface area (Å²) in [6.45, 7) is 3.48. The van der Waals surface area contributed by atoms with Gasteiger partial charge in [0.05, 0.1) is 39.2 Å². The van der Waals surface area contributed by atoms with Crippen molar-refractivity contribution in [2.75, 3.05) is 27.4 Å². The fraction of sp³-hybridized carbons (Fsp3) is 0.300. The molecule has 0 aliphatic carbocycles. The smallest absolute Gasteiger partial charge is 0.329 e. The molecule has 6 atom stereocenters. The molecule has 14 heteroatoms. The predicted octanol–water partition coefficient (Wildman–Crippen LogP) is 7.80. The fourth-order valence-electron chi connectivity index (χ4n) is 9.94. The predicted molar refractivity (Wildman–Crippen MR) is 250 cm³/mol. The molecule has 7 aromatic rings. The van der Waals surface area contributed by atoms with E-state index in [9.17, 15) is 4.79 Å². The minimum atomic E-state index is -2.25. The van der Waals surface area contributed by atoms with Crippen LogP contribution < -0.4 is 25.5 Å². The van der Waals surface area contributed by atoms with Crippen LogP contribution in [0.4, 0.5) is 0 Å². The lowest BCUT2D eigenvalue weighted by Crippen LogP contribution is -2.58. The Morgan fingerprint density at radius 3 is 2.00 bits per heavy atom. The lowest BCUT2D eigenvalue weighted by atomic mass is 9.80. The van der Waals surface area contributed by atoms with Gasteiger partial charge >= 0.3 is 5.69 Å². The summed E-state index contributed by atoms with van der Waals surface area (Å²) in [6, 6.07) is 49.2. The highest BCUT2D eigenvalue weighted by Crippen LogP contribution is 2.59. The molecule has 0 spiro atoms. The van der Waals surface area contributed by atoms with Gasteiger partial charge in [0, 0.05) is 19.0 Å². The maximum Gasteiger partial charge on any atom is 0.329 e. The molecule has 64 heavy (non-hydrogen) atoms. The van der Waals surface area contributed by atoms with Crippen LogP contribution in [0.3, 0.4) is 0 Å². The number of methoxy groups -OCH3 is 2. The van der Waals surface area contributed by atoms with Gasteiger partial charge in [-0.15, -0.1) is 0 Å². The van der Waals surface area contributed by atoms with Crippen molar-refractivity contribution in [2.45, 2.75) is 68.0 Å². The Balaban J connectivity index is 1.01. The van der Waals surface area contributed by atoms with Crippen LogP contribution in [0.15, 0.2) is 157 Å². The SMILES string of the molecule is COc1ccc(C(OC[C@H]2O[C@@H](n3c(=O)[nH]c4cncnc43)C[C@@H]2O[P@]2O[C@H](C[Si](C)(c3ccccc3)c3ccccc3)[C@@H]3CCCN32)(c2ccccc2)c2ccc(OC)cc2)cc1. The van der Waals surface area contributed by atoms with Crippen molar-refractivity contribution in [2.24, 2.45) is 0 Å². The summed E-state index contributed by atoms with van der Waals surface area (Å²) in [5, 5.41) is 2.78. The molecule has 0 amide bonds. The highest BCUT2D eigenvalue weighted by atomic mass is 31.2. The van der Waals surface area contributed by atoms with E-state index in [2.05, 4.69) is 99.0 Å². The van der Waals surface area contributed by atoms with E-state index in [4.69, 9.17) is 28.0 Å².